The third kappa shape index (κ3) is 13.2. The molecule has 232 valence electrons. The minimum absolute atomic E-state index is 0.340. The van der Waals surface area contributed by atoms with Crippen LogP contribution in [0.4, 0.5) is 0 Å². The van der Waals surface area contributed by atoms with Crippen LogP contribution in [-0.4, -0.2) is 18.3 Å². The highest BCUT2D eigenvalue weighted by Gasteiger charge is 2.10. The van der Waals surface area contributed by atoms with Gasteiger partial charge in [-0.15, -0.1) is 11.8 Å². The van der Waals surface area contributed by atoms with Crippen LogP contribution in [-0.2, 0) is 13.0 Å². The zero-order valence-corrected chi connectivity index (χ0v) is 28.1. The molecular formula is C40H51N3S. The Labute approximate surface area is 271 Å². The Balaban J connectivity index is 2.35. The third-order valence-corrected chi connectivity index (χ3v) is 7.96. The van der Waals surface area contributed by atoms with Crippen LogP contribution in [0.15, 0.2) is 142 Å². The number of allylic oxidation sites excluding steroid dienone is 10. The largest absolute Gasteiger partial charge is 0.384 e. The van der Waals surface area contributed by atoms with Gasteiger partial charge in [-0.1, -0.05) is 137 Å². The molecule has 44 heavy (non-hydrogen) atoms. The molecule has 0 fully saturated rings. The van der Waals surface area contributed by atoms with Crippen molar-refractivity contribution in [2.75, 3.05) is 6.26 Å². The lowest BCUT2D eigenvalue weighted by Crippen LogP contribution is -2.15. The molecule has 2 aromatic carbocycles. The molecule has 0 aliphatic rings. The first-order valence-electron chi connectivity index (χ1n) is 15.7. The molecular weight excluding hydrogens is 555 g/mol. The van der Waals surface area contributed by atoms with Crippen LogP contribution in [0.5, 0.6) is 0 Å². The van der Waals surface area contributed by atoms with Crippen molar-refractivity contribution in [1.29, 1.82) is 0 Å². The monoisotopic (exact) mass is 605 g/mol. The average Bonchev–Trinajstić information content (AvgIpc) is 3.05. The first-order chi connectivity index (χ1) is 21.5. The Morgan fingerprint density at radius 3 is 2.43 bits per heavy atom. The fourth-order valence-electron chi connectivity index (χ4n) is 4.56. The molecule has 0 aliphatic carbocycles. The molecule has 0 aliphatic heterocycles. The van der Waals surface area contributed by atoms with Crippen molar-refractivity contribution in [2.24, 2.45) is 27.6 Å². The first-order valence-corrected chi connectivity index (χ1v) is 16.9. The van der Waals surface area contributed by atoms with E-state index in [1.807, 2.05) is 31.4 Å². The van der Waals surface area contributed by atoms with Gasteiger partial charge < -0.3 is 5.73 Å². The zero-order chi connectivity index (χ0) is 32.0. The number of amidine groups is 1. The number of nitrogens with zero attached hydrogens (tertiary/aromatic N) is 2. The summed E-state index contributed by atoms with van der Waals surface area (Å²) in [5, 5.41) is 0. The number of hydrogen-bond acceptors (Lipinski definition) is 3. The van der Waals surface area contributed by atoms with Gasteiger partial charge in [0.2, 0.25) is 0 Å². The van der Waals surface area contributed by atoms with E-state index in [0.29, 0.717) is 24.2 Å². The van der Waals surface area contributed by atoms with Crippen LogP contribution in [0.3, 0.4) is 0 Å². The highest BCUT2D eigenvalue weighted by atomic mass is 32.2. The summed E-state index contributed by atoms with van der Waals surface area (Å²) in [6.45, 7) is 12.9. The van der Waals surface area contributed by atoms with Gasteiger partial charge in [-0.25, -0.2) is 0 Å². The summed E-state index contributed by atoms with van der Waals surface area (Å²) in [4.78, 5) is 10.7. The van der Waals surface area contributed by atoms with Crippen molar-refractivity contribution in [3.8, 4) is 0 Å². The molecule has 0 amide bonds. The van der Waals surface area contributed by atoms with Gasteiger partial charge in [-0.2, -0.15) is 0 Å². The van der Waals surface area contributed by atoms with Crippen LogP contribution in [0.2, 0.25) is 0 Å². The smallest absolute Gasteiger partial charge is 0.125 e. The number of nitrogens with two attached hydrogens (primary N) is 1. The number of aliphatic imine (C=N–C) groups is 2. The van der Waals surface area contributed by atoms with E-state index in [9.17, 15) is 0 Å². The standard InChI is InChI=1S/C40H51N3S/c1-7-11-13-18-32(5)34(19-12-8-2)21-16-22-36(40(41)43-31-37-20-14-15-23-39(37)44-6)29-26-33-24-27-35(28-25-33)38(17-9-3)42-30-10-4/h7-8,11-20,22-25,27-30,32,34H,2,9-10,21,26,31H2,1,3-6H3,(H2,41,43)/b11-7-,18-13-,19-12-,22-16+,36-29+,38-17-,42-30?. The van der Waals surface area contributed by atoms with Crippen molar-refractivity contribution in [3.63, 3.8) is 0 Å². The number of benzene rings is 2. The molecule has 0 saturated carbocycles. The van der Waals surface area contributed by atoms with Crippen molar-refractivity contribution >= 4 is 29.5 Å². The van der Waals surface area contributed by atoms with Crippen molar-refractivity contribution in [3.05, 3.63) is 144 Å². The normalized spacial score (nSPS) is 15.0. The van der Waals surface area contributed by atoms with Crippen molar-refractivity contribution in [2.45, 2.75) is 64.8 Å². The summed E-state index contributed by atoms with van der Waals surface area (Å²) in [5.74, 6) is 1.27. The zero-order valence-electron chi connectivity index (χ0n) is 27.3. The predicted octanol–water partition coefficient (Wildman–Crippen LogP) is 10.7. The molecule has 0 spiro atoms. The van der Waals surface area contributed by atoms with Crippen LogP contribution >= 0.6 is 11.8 Å². The highest BCUT2D eigenvalue weighted by Crippen LogP contribution is 2.23. The van der Waals surface area contributed by atoms with Gasteiger partial charge >= 0.3 is 0 Å². The number of rotatable bonds is 18. The first kappa shape index (κ1) is 36.3. The maximum atomic E-state index is 6.66. The van der Waals surface area contributed by atoms with Crippen molar-refractivity contribution < 1.29 is 0 Å². The van der Waals surface area contributed by atoms with Gasteiger partial charge in [0.25, 0.3) is 0 Å². The van der Waals surface area contributed by atoms with E-state index in [1.165, 1.54) is 16.0 Å². The summed E-state index contributed by atoms with van der Waals surface area (Å²) in [5.41, 5.74) is 12.2. The molecule has 0 saturated heterocycles. The van der Waals surface area contributed by atoms with E-state index >= 15 is 0 Å². The third-order valence-electron chi connectivity index (χ3n) is 7.12. The lowest BCUT2D eigenvalue weighted by molar-refractivity contribution is 0.518. The second kappa shape index (κ2) is 21.7. The molecule has 0 heterocycles. The summed E-state index contributed by atoms with van der Waals surface area (Å²) < 4.78 is 0. The molecule has 4 heteroatoms. The molecule has 2 aromatic rings. The SMILES string of the molecule is C=C/C=C\C(C/C=C/C(=C\Cc1ccc(/C(=C/CC)N=CCC)cc1)C(N)=NCc1ccccc1SC)C(C)/C=C\C=C/C. The Kier molecular flexibility index (Phi) is 17.9. The molecule has 0 bridgehead atoms. The Bertz CT molecular complexity index is 1380. The maximum Gasteiger partial charge on any atom is 0.125 e. The molecule has 0 aromatic heterocycles. The fraction of sp³-hybridized carbons (Fsp3) is 0.300. The fourth-order valence-corrected chi connectivity index (χ4v) is 5.17. The van der Waals surface area contributed by atoms with Crippen molar-refractivity contribution in [1.82, 2.24) is 0 Å². The van der Waals surface area contributed by atoms with Gasteiger partial charge in [0.1, 0.15) is 5.84 Å². The Morgan fingerprint density at radius 1 is 0.977 bits per heavy atom. The van der Waals surface area contributed by atoms with E-state index < -0.39 is 0 Å². The van der Waals surface area contributed by atoms with E-state index in [2.05, 4.69) is 136 Å². The lowest BCUT2D eigenvalue weighted by Gasteiger charge is -2.16. The molecule has 2 unspecified atom stereocenters. The van der Waals surface area contributed by atoms with Gasteiger partial charge in [-0.05, 0) is 73.5 Å². The summed E-state index contributed by atoms with van der Waals surface area (Å²) in [6, 6.07) is 17.0. The van der Waals surface area contributed by atoms with Gasteiger partial charge in [-0.3, -0.25) is 9.98 Å². The van der Waals surface area contributed by atoms with Gasteiger partial charge in [0.15, 0.2) is 0 Å². The highest BCUT2D eigenvalue weighted by molar-refractivity contribution is 7.98. The van der Waals surface area contributed by atoms with E-state index in [4.69, 9.17) is 10.7 Å². The van der Waals surface area contributed by atoms with Crippen LogP contribution in [0, 0.1) is 11.8 Å². The quantitative estimate of drug-likeness (QED) is 0.0795. The van der Waals surface area contributed by atoms with Crippen LogP contribution < -0.4 is 5.73 Å². The van der Waals surface area contributed by atoms with E-state index in [1.54, 1.807) is 11.8 Å². The van der Waals surface area contributed by atoms with Crippen LogP contribution in [0.25, 0.3) is 5.70 Å². The van der Waals surface area contributed by atoms with E-state index in [0.717, 1.165) is 42.5 Å². The van der Waals surface area contributed by atoms with E-state index in [-0.39, 0.29) is 0 Å². The van der Waals surface area contributed by atoms with Gasteiger partial charge in [0, 0.05) is 16.7 Å². The summed E-state index contributed by atoms with van der Waals surface area (Å²) in [6.07, 6.45) is 30.9. The lowest BCUT2D eigenvalue weighted by atomic mass is 9.89. The number of thioether (sulfide) groups is 1. The molecule has 2 N–H and O–H groups in total. The molecule has 3 nitrogen and oxygen atoms in total. The Hall–Kier alpha value is -3.89. The minimum Gasteiger partial charge on any atom is -0.384 e. The second-order valence-corrected chi connectivity index (χ2v) is 11.3. The molecule has 2 atom stereocenters. The van der Waals surface area contributed by atoms with Crippen LogP contribution in [0.1, 0.15) is 63.6 Å². The summed E-state index contributed by atoms with van der Waals surface area (Å²) >= 11 is 1.73. The predicted molar refractivity (Wildman–Crippen MR) is 199 cm³/mol. The second-order valence-electron chi connectivity index (χ2n) is 10.5. The Morgan fingerprint density at radius 2 is 1.75 bits per heavy atom. The molecule has 0 radical (unpaired) electrons. The summed E-state index contributed by atoms with van der Waals surface area (Å²) in [7, 11) is 0. The van der Waals surface area contributed by atoms with Gasteiger partial charge in [0.05, 0.1) is 12.2 Å². The number of hydrogen-bond donors (Lipinski definition) is 1. The average molecular weight is 606 g/mol. The minimum atomic E-state index is 0.340. The molecule has 2 rings (SSSR count). The maximum absolute atomic E-state index is 6.66. The topological polar surface area (TPSA) is 50.7 Å².